The lowest BCUT2D eigenvalue weighted by Gasteiger charge is -2.18. The summed E-state index contributed by atoms with van der Waals surface area (Å²) in [6.07, 6.45) is 5.86. The number of nitrogens with zero attached hydrogens (tertiary/aromatic N) is 3. The Labute approximate surface area is 153 Å². The van der Waals surface area contributed by atoms with Crippen LogP contribution in [-0.2, 0) is 0 Å². The van der Waals surface area contributed by atoms with E-state index in [0.29, 0.717) is 22.9 Å². The van der Waals surface area contributed by atoms with Gasteiger partial charge in [-0.05, 0) is 24.6 Å². The first kappa shape index (κ1) is 18.2. The van der Waals surface area contributed by atoms with Gasteiger partial charge in [0, 0.05) is 36.8 Å². The molecule has 27 heavy (non-hydrogen) atoms. The molecule has 4 N–H and O–H groups in total. The number of hydrogen-bond donors (Lipinski definition) is 3. The Hall–Kier alpha value is -3.62. The third-order valence-electron chi connectivity index (χ3n) is 3.75. The fraction of sp³-hybridized carbons (Fsp3) is 0.111. The predicted octanol–water partition coefficient (Wildman–Crippen LogP) is 3.17. The highest BCUT2D eigenvalue weighted by Crippen LogP contribution is 2.26. The van der Waals surface area contributed by atoms with Gasteiger partial charge in [-0.1, -0.05) is 0 Å². The molecule has 0 aliphatic rings. The average Bonchev–Trinajstić information content (AvgIpc) is 2.61. The first-order chi connectivity index (χ1) is 12.9. The smallest absolute Gasteiger partial charge is 0.252 e. The van der Waals surface area contributed by atoms with E-state index < -0.39 is 23.6 Å². The average molecular weight is 370 g/mol. The van der Waals surface area contributed by atoms with Gasteiger partial charge in [-0.3, -0.25) is 9.78 Å². The van der Waals surface area contributed by atoms with E-state index in [2.05, 4.69) is 25.6 Å². The molecular weight excluding hydrogens is 354 g/mol. The molecule has 2 aromatic heterocycles. The largest absolute Gasteiger partial charge is 0.378 e. The number of carbonyl (C=O) groups is 1. The van der Waals surface area contributed by atoms with Gasteiger partial charge in [0.05, 0.1) is 17.4 Å². The van der Waals surface area contributed by atoms with Crippen LogP contribution in [0.15, 0.2) is 49.1 Å². The number of pyridine rings is 1. The summed E-state index contributed by atoms with van der Waals surface area (Å²) in [5, 5.41) is 5.98. The zero-order valence-electron chi connectivity index (χ0n) is 14.3. The summed E-state index contributed by atoms with van der Waals surface area (Å²) in [6.45, 7) is 1.70. The fourth-order valence-corrected chi connectivity index (χ4v) is 2.48. The molecule has 0 radical (unpaired) electrons. The molecule has 3 aromatic rings. The Morgan fingerprint density at radius 2 is 1.78 bits per heavy atom. The number of benzene rings is 1. The minimum absolute atomic E-state index is 0.142. The second-order valence-electron chi connectivity index (χ2n) is 5.76. The van der Waals surface area contributed by atoms with E-state index in [4.69, 9.17) is 5.73 Å². The van der Waals surface area contributed by atoms with Crippen LogP contribution in [0, 0.1) is 11.6 Å². The monoisotopic (exact) mass is 370 g/mol. The van der Waals surface area contributed by atoms with Crippen molar-refractivity contribution in [3.63, 3.8) is 0 Å². The van der Waals surface area contributed by atoms with Crippen molar-refractivity contribution in [2.75, 3.05) is 10.6 Å². The molecule has 1 atom stereocenters. The lowest BCUT2D eigenvalue weighted by molar-refractivity contribution is 0.100. The molecule has 7 nitrogen and oxygen atoms in total. The van der Waals surface area contributed by atoms with Crippen molar-refractivity contribution in [1.82, 2.24) is 15.0 Å². The Morgan fingerprint density at radius 3 is 2.41 bits per heavy atom. The minimum Gasteiger partial charge on any atom is -0.378 e. The van der Waals surface area contributed by atoms with Crippen molar-refractivity contribution in [3.8, 4) is 0 Å². The molecule has 138 valence electrons. The zero-order chi connectivity index (χ0) is 19.4. The predicted molar refractivity (Wildman–Crippen MR) is 96.5 cm³/mol. The Balaban J connectivity index is 1.89. The van der Waals surface area contributed by atoms with Crippen molar-refractivity contribution in [1.29, 1.82) is 0 Å². The van der Waals surface area contributed by atoms with E-state index in [1.165, 1.54) is 36.9 Å². The number of halogens is 2. The number of nitrogens with two attached hydrogens (primary N) is 1. The van der Waals surface area contributed by atoms with Gasteiger partial charge in [0.25, 0.3) is 5.91 Å². The molecular formula is C18H16F2N6O. The van der Waals surface area contributed by atoms with Gasteiger partial charge in [-0.2, -0.15) is 0 Å². The van der Waals surface area contributed by atoms with Crippen LogP contribution in [0.4, 0.5) is 26.1 Å². The highest BCUT2D eigenvalue weighted by molar-refractivity contribution is 5.98. The number of rotatable bonds is 6. The summed E-state index contributed by atoms with van der Waals surface area (Å²) < 4.78 is 26.9. The van der Waals surface area contributed by atoms with E-state index in [1.807, 2.05) is 0 Å². The highest BCUT2D eigenvalue weighted by Gasteiger charge is 2.15. The first-order valence-corrected chi connectivity index (χ1v) is 7.98. The molecule has 0 spiro atoms. The van der Waals surface area contributed by atoms with Crippen molar-refractivity contribution >= 4 is 23.2 Å². The fourth-order valence-electron chi connectivity index (χ4n) is 2.48. The van der Waals surface area contributed by atoms with Gasteiger partial charge in [0.15, 0.2) is 0 Å². The number of amides is 1. The second kappa shape index (κ2) is 7.73. The summed E-state index contributed by atoms with van der Waals surface area (Å²) in [5.41, 5.74) is 6.28. The van der Waals surface area contributed by atoms with Crippen LogP contribution in [0.2, 0.25) is 0 Å². The number of hydrogen-bond acceptors (Lipinski definition) is 6. The molecule has 1 aromatic carbocycles. The van der Waals surface area contributed by atoms with Gasteiger partial charge in [-0.15, -0.1) is 0 Å². The number of nitrogens with one attached hydrogen (secondary N) is 2. The number of aromatic nitrogens is 3. The Morgan fingerprint density at radius 1 is 1.04 bits per heavy atom. The maximum Gasteiger partial charge on any atom is 0.252 e. The molecule has 2 heterocycles. The zero-order valence-corrected chi connectivity index (χ0v) is 14.3. The molecule has 0 saturated heterocycles. The number of primary amides is 1. The van der Waals surface area contributed by atoms with Crippen LogP contribution in [-0.4, -0.2) is 20.9 Å². The van der Waals surface area contributed by atoms with Gasteiger partial charge >= 0.3 is 0 Å². The normalized spacial score (nSPS) is 11.7. The van der Waals surface area contributed by atoms with E-state index in [0.717, 1.165) is 6.07 Å². The van der Waals surface area contributed by atoms with Gasteiger partial charge < -0.3 is 16.4 Å². The Bertz CT molecular complexity index is 947. The van der Waals surface area contributed by atoms with Crippen molar-refractivity contribution < 1.29 is 13.6 Å². The first-order valence-electron chi connectivity index (χ1n) is 7.98. The highest BCUT2D eigenvalue weighted by atomic mass is 19.1. The number of carbonyl (C=O) groups excluding carboxylic acids is 1. The third-order valence-corrected chi connectivity index (χ3v) is 3.75. The molecule has 9 heteroatoms. The summed E-state index contributed by atoms with van der Waals surface area (Å²) in [6, 6.07) is 4.27. The maximum atomic E-state index is 13.5. The van der Waals surface area contributed by atoms with E-state index in [-0.39, 0.29) is 5.56 Å². The minimum atomic E-state index is -0.687. The lowest BCUT2D eigenvalue weighted by atomic mass is 10.1. The molecule has 0 aliphatic heterocycles. The van der Waals surface area contributed by atoms with Crippen molar-refractivity contribution in [3.05, 3.63) is 71.8 Å². The molecule has 1 amide bonds. The summed E-state index contributed by atoms with van der Waals surface area (Å²) in [4.78, 5) is 23.8. The molecule has 0 fully saturated rings. The standard InChI is InChI=1S/C18H16F2N6O/c1-10(11-4-12(19)6-13(20)5-11)25-15-7-16(24-8-14(15)18(21)27)26-17-9-22-2-3-23-17/h2-10H,1H3,(H2,21,27)(H2,23,24,25,26). The molecule has 1 unspecified atom stereocenters. The van der Waals surface area contributed by atoms with Crippen LogP contribution < -0.4 is 16.4 Å². The maximum absolute atomic E-state index is 13.5. The van der Waals surface area contributed by atoms with E-state index in [1.54, 1.807) is 13.0 Å². The van der Waals surface area contributed by atoms with Crippen LogP contribution in [0.1, 0.15) is 28.9 Å². The lowest BCUT2D eigenvalue weighted by Crippen LogP contribution is -2.17. The van der Waals surface area contributed by atoms with Crippen LogP contribution in [0.5, 0.6) is 0 Å². The topological polar surface area (TPSA) is 106 Å². The van der Waals surface area contributed by atoms with Crippen molar-refractivity contribution in [2.24, 2.45) is 5.73 Å². The molecule has 0 bridgehead atoms. The van der Waals surface area contributed by atoms with Crippen LogP contribution >= 0.6 is 0 Å². The third kappa shape index (κ3) is 4.51. The second-order valence-corrected chi connectivity index (χ2v) is 5.76. The summed E-state index contributed by atoms with van der Waals surface area (Å²) >= 11 is 0. The van der Waals surface area contributed by atoms with E-state index in [9.17, 15) is 13.6 Å². The Kier molecular flexibility index (Phi) is 5.20. The quantitative estimate of drug-likeness (QED) is 0.615. The summed E-state index contributed by atoms with van der Waals surface area (Å²) in [5.74, 6) is -1.21. The number of anilines is 3. The SMILES string of the molecule is CC(Nc1cc(Nc2cnccn2)ncc1C(N)=O)c1cc(F)cc(F)c1. The van der Waals surface area contributed by atoms with Gasteiger partial charge in [-0.25, -0.2) is 18.7 Å². The van der Waals surface area contributed by atoms with Gasteiger partial charge in [0.2, 0.25) is 0 Å². The summed E-state index contributed by atoms with van der Waals surface area (Å²) in [7, 11) is 0. The molecule has 0 aliphatic carbocycles. The van der Waals surface area contributed by atoms with E-state index >= 15 is 0 Å². The van der Waals surface area contributed by atoms with Gasteiger partial charge in [0.1, 0.15) is 23.3 Å². The molecule has 0 saturated carbocycles. The van der Waals surface area contributed by atoms with Crippen molar-refractivity contribution in [2.45, 2.75) is 13.0 Å². The molecule has 3 rings (SSSR count). The van der Waals surface area contributed by atoms with Crippen LogP contribution in [0.25, 0.3) is 0 Å². The van der Waals surface area contributed by atoms with Crippen LogP contribution in [0.3, 0.4) is 0 Å².